The number of hydrogen-bond donors (Lipinski definition) is 0. The topological polar surface area (TPSA) is 55.3 Å². The van der Waals surface area contributed by atoms with E-state index in [1.54, 1.807) is 0 Å². The van der Waals surface area contributed by atoms with Crippen molar-refractivity contribution in [3.63, 3.8) is 0 Å². The molecular formula is C19H16ClN3O2. The Morgan fingerprint density at radius 1 is 1.12 bits per heavy atom. The first-order valence-electron chi connectivity index (χ1n) is 8.12. The highest BCUT2D eigenvalue weighted by Gasteiger charge is 2.29. The molecule has 6 heteroatoms. The summed E-state index contributed by atoms with van der Waals surface area (Å²) in [6, 6.07) is 14.0. The van der Waals surface area contributed by atoms with Gasteiger partial charge in [-0.15, -0.1) is 0 Å². The van der Waals surface area contributed by atoms with Crippen molar-refractivity contribution in [2.24, 2.45) is 0 Å². The molecule has 0 saturated carbocycles. The molecule has 1 aliphatic heterocycles. The molecule has 1 fully saturated rings. The second-order valence-corrected chi connectivity index (χ2v) is 6.43. The van der Waals surface area contributed by atoms with Crippen LogP contribution in [-0.2, 0) is 0 Å². The van der Waals surface area contributed by atoms with Gasteiger partial charge in [-0.3, -0.25) is 4.79 Å². The van der Waals surface area contributed by atoms with Gasteiger partial charge in [0.1, 0.15) is 6.10 Å². The molecule has 0 radical (unpaired) electrons. The number of ether oxygens (including phenoxy) is 1. The van der Waals surface area contributed by atoms with E-state index in [4.69, 9.17) is 16.3 Å². The van der Waals surface area contributed by atoms with Crippen molar-refractivity contribution in [3.05, 3.63) is 65.4 Å². The maximum Gasteiger partial charge on any atom is 0.316 e. The molecule has 0 spiro atoms. The second kappa shape index (κ2) is 6.69. The third-order valence-electron chi connectivity index (χ3n) is 4.32. The fourth-order valence-electron chi connectivity index (χ4n) is 3.10. The number of likely N-dealkylation sites (tertiary alicyclic amines) is 1. The normalized spacial score (nSPS) is 17.0. The monoisotopic (exact) mass is 353 g/mol. The van der Waals surface area contributed by atoms with Crippen LogP contribution in [0.5, 0.6) is 6.01 Å². The van der Waals surface area contributed by atoms with E-state index in [0.717, 1.165) is 22.8 Å². The molecule has 3 aromatic rings. The van der Waals surface area contributed by atoms with Crippen LogP contribution in [0, 0.1) is 0 Å². The van der Waals surface area contributed by atoms with Crippen molar-refractivity contribution in [2.75, 3.05) is 13.1 Å². The fraction of sp³-hybridized carbons (Fsp3) is 0.211. The molecule has 1 unspecified atom stereocenters. The molecule has 1 aromatic heterocycles. The Morgan fingerprint density at radius 3 is 2.72 bits per heavy atom. The van der Waals surface area contributed by atoms with Gasteiger partial charge in [0.15, 0.2) is 0 Å². The number of carbonyl (C=O) groups excluding carboxylic acids is 1. The Bertz CT molecular complexity index is 909. The lowest BCUT2D eigenvalue weighted by molar-refractivity contribution is 0.0771. The van der Waals surface area contributed by atoms with E-state index in [1.165, 1.54) is 12.4 Å². The zero-order chi connectivity index (χ0) is 17.2. The van der Waals surface area contributed by atoms with Gasteiger partial charge in [0.25, 0.3) is 5.91 Å². The van der Waals surface area contributed by atoms with Crippen LogP contribution < -0.4 is 4.74 Å². The van der Waals surface area contributed by atoms with Gasteiger partial charge in [0.2, 0.25) is 0 Å². The third-order valence-corrected chi connectivity index (χ3v) is 4.52. The molecule has 1 amide bonds. The quantitative estimate of drug-likeness (QED) is 0.722. The van der Waals surface area contributed by atoms with E-state index < -0.39 is 0 Å². The first-order chi connectivity index (χ1) is 12.2. The Labute approximate surface area is 150 Å². The summed E-state index contributed by atoms with van der Waals surface area (Å²) in [5, 5.41) is 2.50. The van der Waals surface area contributed by atoms with Gasteiger partial charge < -0.3 is 9.64 Å². The summed E-state index contributed by atoms with van der Waals surface area (Å²) in [4.78, 5) is 22.8. The number of hydrogen-bond acceptors (Lipinski definition) is 4. The van der Waals surface area contributed by atoms with Gasteiger partial charge in [-0.05, 0) is 16.8 Å². The Kier molecular flexibility index (Phi) is 4.24. The highest BCUT2D eigenvalue weighted by atomic mass is 35.5. The van der Waals surface area contributed by atoms with E-state index in [2.05, 4.69) is 9.97 Å². The highest BCUT2D eigenvalue weighted by molar-refractivity contribution is 6.30. The largest absolute Gasteiger partial charge is 0.458 e. The van der Waals surface area contributed by atoms with Crippen LogP contribution in [0.2, 0.25) is 5.02 Å². The third kappa shape index (κ3) is 3.28. The molecule has 2 aromatic carbocycles. The first-order valence-corrected chi connectivity index (χ1v) is 8.50. The van der Waals surface area contributed by atoms with Crippen molar-refractivity contribution in [1.82, 2.24) is 14.9 Å². The molecule has 2 heterocycles. The summed E-state index contributed by atoms with van der Waals surface area (Å²) in [7, 11) is 0. The van der Waals surface area contributed by atoms with Crippen molar-refractivity contribution in [3.8, 4) is 6.01 Å². The van der Waals surface area contributed by atoms with E-state index in [1.807, 2.05) is 47.4 Å². The molecule has 0 bridgehead atoms. The Hall–Kier alpha value is -2.66. The summed E-state index contributed by atoms with van der Waals surface area (Å²) in [6.07, 6.45) is 3.64. The molecule has 0 N–H and O–H groups in total. The maximum absolute atomic E-state index is 12.9. The van der Waals surface area contributed by atoms with Gasteiger partial charge in [0.05, 0.1) is 24.0 Å². The SMILES string of the molecule is O=C(c1cccc2ccccc12)N1CCC(Oc2ncc(Cl)cn2)C1. The first kappa shape index (κ1) is 15.8. The van der Waals surface area contributed by atoms with E-state index in [9.17, 15) is 4.79 Å². The summed E-state index contributed by atoms with van der Waals surface area (Å²) < 4.78 is 5.76. The zero-order valence-corrected chi connectivity index (χ0v) is 14.2. The standard InChI is InChI=1S/C19H16ClN3O2/c20-14-10-21-19(22-11-14)25-15-8-9-23(12-15)18(24)17-7-3-5-13-4-1-2-6-16(13)17/h1-7,10-11,15H,8-9,12H2. The van der Waals surface area contributed by atoms with Crippen LogP contribution in [-0.4, -0.2) is 40.0 Å². The molecule has 126 valence electrons. The number of aromatic nitrogens is 2. The molecule has 1 aliphatic rings. The number of benzene rings is 2. The van der Waals surface area contributed by atoms with Crippen molar-refractivity contribution >= 4 is 28.3 Å². The summed E-state index contributed by atoms with van der Waals surface area (Å²) in [6.45, 7) is 1.17. The predicted molar refractivity (Wildman–Crippen MR) is 95.9 cm³/mol. The van der Waals surface area contributed by atoms with Crippen molar-refractivity contribution < 1.29 is 9.53 Å². The lowest BCUT2D eigenvalue weighted by Gasteiger charge is -2.18. The second-order valence-electron chi connectivity index (χ2n) is 5.99. The average molecular weight is 354 g/mol. The number of nitrogens with zero attached hydrogens (tertiary/aromatic N) is 3. The number of fused-ring (bicyclic) bond motifs is 1. The lowest BCUT2D eigenvalue weighted by Crippen LogP contribution is -2.31. The van der Waals surface area contributed by atoms with Crippen LogP contribution in [0.4, 0.5) is 0 Å². The molecular weight excluding hydrogens is 338 g/mol. The maximum atomic E-state index is 12.9. The Morgan fingerprint density at radius 2 is 1.88 bits per heavy atom. The van der Waals surface area contributed by atoms with Crippen molar-refractivity contribution in [2.45, 2.75) is 12.5 Å². The summed E-state index contributed by atoms with van der Waals surface area (Å²) >= 11 is 5.78. The number of carbonyl (C=O) groups is 1. The van der Waals surface area contributed by atoms with Crippen LogP contribution in [0.25, 0.3) is 10.8 Å². The van der Waals surface area contributed by atoms with E-state index in [-0.39, 0.29) is 18.0 Å². The smallest absolute Gasteiger partial charge is 0.316 e. The van der Waals surface area contributed by atoms with Crippen LogP contribution in [0.3, 0.4) is 0 Å². The van der Waals surface area contributed by atoms with Gasteiger partial charge in [-0.2, -0.15) is 0 Å². The van der Waals surface area contributed by atoms with Gasteiger partial charge in [0, 0.05) is 18.5 Å². The number of amides is 1. The number of halogens is 1. The molecule has 25 heavy (non-hydrogen) atoms. The minimum absolute atomic E-state index is 0.0277. The number of rotatable bonds is 3. The Balaban J connectivity index is 1.49. The van der Waals surface area contributed by atoms with E-state index in [0.29, 0.717) is 18.1 Å². The van der Waals surface area contributed by atoms with Gasteiger partial charge >= 0.3 is 6.01 Å². The van der Waals surface area contributed by atoms with Gasteiger partial charge in [-0.1, -0.05) is 48.0 Å². The molecule has 4 rings (SSSR count). The van der Waals surface area contributed by atoms with Crippen LogP contribution in [0.1, 0.15) is 16.8 Å². The predicted octanol–water partition coefficient (Wildman–Crippen LogP) is 3.58. The van der Waals surface area contributed by atoms with Crippen molar-refractivity contribution in [1.29, 1.82) is 0 Å². The minimum Gasteiger partial charge on any atom is -0.458 e. The fourth-order valence-corrected chi connectivity index (χ4v) is 3.20. The molecule has 1 atom stereocenters. The minimum atomic E-state index is -0.111. The van der Waals surface area contributed by atoms with Gasteiger partial charge in [-0.25, -0.2) is 9.97 Å². The highest BCUT2D eigenvalue weighted by Crippen LogP contribution is 2.23. The van der Waals surface area contributed by atoms with E-state index >= 15 is 0 Å². The zero-order valence-electron chi connectivity index (χ0n) is 13.4. The molecule has 5 nitrogen and oxygen atoms in total. The van der Waals surface area contributed by atoms with Crippen LogP contribution in [0.15, 0.2) is 54.9 Å². The summed E-state index contributed by atoms with van der Waals surface area (Å²) in [5.74, 6) is 0.0277. The molecule has 1 saturated heterocycles. The summed E-state index contributed by atoms with van der Waals surface area (Å²) in [5.41, 5.74) is 0.724. The average Bonchev–Trinajstić information content (AvgIpc) is 3.11. The van der Waals surface area contributed by atoms with Crippen LogP contribution >= 0.6 is 11.6 Å². The lowest BCUT2D eigenvalue weighted by atomic mass is 10.0. The molecule has 0 aliphatic carbocycles.